The molecule has 1 unspecified atom stereocenters. The van der Waals surface area contributed by atoms with Gasteiger partial charge in [-0.25, -0.2) is 0 Å². The molecular weight excluding hydrogens is 294 g/mol. The molecule has 0 aliphatic heterocycles. The van der Waals surface area contributed by atoms with E-state index >= 15 is 0 Å². The van der Waals surface area contributed by atoms with Gasteiger partial charge in [-0.05, 0) is 17.9 Å². The second kappa shape index (κ2) is 5.76. The first-order valence-electron chi connectivity index (χ1n) is 7.41. The van der Waals surface area contributed by atoms with E-state index in [0.29, 0.717) is 17.5 Å². The third-order valence-electron chi connectivity index (χ3n) is 4.35. The van der Waals surface area contributed by atoms with Crippen molar-refractivity contribution in [3.8, 4) is 0 Å². The molecule has 0 saturated carbocycles. The zero-order valence-electron chi connectivity index (χ0n) is 12.6. The van der Waals surface area contributed by atoms with Gasteiger partial charge in [0.15, 0.2) is 11.6 Å². The Morgan fingerprint density at radius 1 is 1.00 bits per heavy atom. The highest BCUT2D eigenvalue weighted by Crippen LogP contribution is 2.34. The number of nitro benzene ring substituents is 1. The van der Waals surface area contributed by atoms with E-state index in [1.54, 1.807) is 36.4 Å². The Balaban J connectivity index is 1.79. The third-order valence-corrected chi connectivity index (χ3v) is 4.35. The normalized spacial score (nSPS) is 15.5. The highest BCUT2D eigenvalue weighted by molar-refractivity contribution is 6.26. The largest absolute Gasteiger partial charge is 0.293 e. The number of hydrogen-bond donors (Lipinski definition) is 0. The van der Waals surface area contributed by atoms with Gasteiger partial charge in [0.2, 0.25) is 0 Å². The van der Waals surface area contributed by atoms with Gasteiger partial charge in [0.1, 0.15) is 0 Å². The molecule has 0 N–H and O–H groups in total. The topological polar surface area (TPSA) is 77.3 Å². The Hall–Kier alpha value is -2.82. The van der Waals surface area contributed by atoms with Crippen LogP contribution in [0.2, 0.25) is 0 Å². The number of nitrogens with zero attached hydrogens (tertiary/aromatic N) is 1. The number of nitro groups is 1. The van der Waals surface area contributed by atoms with Crippen LogP contribution in [0.15, 0.2) is 48.5 Å². The first-order valence-corrected chi connectivity index (χ1v) is 7.41. The Labute approximate surface area is 133 Å². The SMILES string of the molecule is CC(CC1C(=O)c2ccccc2C1=O)c1ccc([N+](=O)[O-])cc1. The van der Waals surface area contributed by atoms with Gasteiger partial charge in [-0.15, -0.1) is 0 Å². The number of Topliss-reactive ketones (excluding diaryl/α,β-unsaturated/α-hetero) is 2. The predicted molar refractivity (Wildman–Crippen MR) is 84.7 cm³/mol. The van der Waals surface area contributed by atoms with Crippen molar-refractivity contribution in [2.45, 2.75) is 19.3 Å². The van der Waals surface area contributed by atoms with Crippen LogP contribution in [0.4, 0.5) is 5.69 Å². The molecule has 0 amide bonds. The summed E-state index contributed by atoms with van der Waals surface area (Å²) in [5.74, 6) is -0.945. The summed E-state index contributed by atoms with van der Waals surface area (Å²) >= 11 is 0. The maximum atomic E-state index is 12.4. The van der Waals surface area contributed by atoms with Crippen molar-refractivity contribution >= 4 is 17.3 Å². The Bertz CT molecular complexity index is 760. The van der Waals surface area contributed by atoms with Gasteiger partial charge in [-0.2, -0.15) is 0 Å². The van der Waals surface area contributed by atoms with E-state index in [4.69, 9.17) is 0 Å². The minimum atomic E-state index is -0.655. The minimum Gasteiger partial charge on any atom is -0.293 e. The van der Waals surface area contributed by atoms with E-state index in [0.717, 1.165) is 5.56 Å². The smallest absolute Gasteiger partial charge is 0.269 e. The Kier molecular flexibility index (Phi) is 3.78. The number of benzene rings is 2. The molecule has 0 fully saturated rings. The number of non-ortho nitro benzene ring substituents is 1. The fraction of sp³-hybridized carbons (Fsp3) is 0.222. The van der Waals surface area contributed by atoms with Crippen LogP contribution in [0.3, 0.4) is 0 Å². The van der Waals surface area contributed by atoms with E-state index in [9.17, 15) is 19.7 Å². The summed E-state index contributed by atoms with van der Waals surface area (Å²) in [6, 6.07) is 13.1. The second-order valence-electron chi connectivity index (χ2n) is 5.81. The van der Waals surface area contributed by atoms with Crippen LogP contribution in [0.25, 0.3) is 0 Å². The molecule has 5 heteroatoms. The average molecular weight is 309 g/mol. The van der Waals surface area contributed by atoms with Gasteiger partial charge in [0.25, 0.3) is 5.69 Å². The molecule has 0 bridgehead atoms. The van der Waals surface area contributed by atoms with E-state index in [-0.39, 0.29) is 23.2 Å². The summed E-state index contributed by atoms with van der Waals surface area (Å²) in [7, 11) is 0. The molecule has 3 rings (SSSR count). The monoisotopic (exact) mass is 309 g/mol. The van der Waals surface area contributed by atoms with Crippen LogP contribution < -0.4 is 0 Å². The molecule has 2 aromatic carbocycles. The first-order chi connectivity index (χ1) is 11.0. The zero-order valence-corrected chi connectivity index (χ0v) is 12.6. The molecule has 0 aromatic heterocycles. The summed E-state index contributed by atoms with van der Waals surface area (Å²) in [5.41, 5.74) is 1.91. The molecule has 23 heavy (non-hydrogen) atoms. The van der Waals surface area contributed by atoms with Crippen molar-refractivity contribution in [3.05, 3.63) is 75.3 Å². The number of carbonyl (C=O) groups is 2. The van der Waals surface area contributed by atoms with Crippen molar-refractivity contribution in [3.63, 3.8) is 0 Å². The predicted octanol–water partition coefficient (Wildman–Crippen LogP) is 3.78. The van der Waals surface area contributed by atoms with Crippen molar-refractivity contribution < 1.29 is 14.5 Å². The summed E-state index contributed by atoms with van der Waals surface area (Å²) in [6.45, 7) is 1.92. The van der Waals surface area contributed by atoms with Crippen molar-refractivity contribution in [2.24, 2.45) is 5.92 Å². The van der Waals surface area contributed by atoms with Gasteiger partial charge >= 0.3 is 0 Å². The lowest BCUT2D eigenvalue weighted by Crippen LogP contribution is -2.17. The standard InChI is InChI=1S/C18H15NO4/c1-11(12-6-8-13(9-7-12)19(22)23)10-16-17(20)14-4-2-3-5-15(14)18(16)21/h2-9,11,16H,10H2,1H3. The molecule has 5 nitrogen and oxygen atoms in total. The van der Waals surface area contributed by atoms with E-state index < -0.39 is 10.8 Å². The number of hydrogen-bond acceptors (Lipinski definition) is 4. The molecule has 1 aliphatic carbocycles. The highest BCUT2D eigenvalue weighted by atomic mass is 16.6. The Morgan fingerprint density at radius 2 is 1.52 bits per heavy atom. The molecule has 0 radical (unpaired) electrons. The van der Waals surface area contributed by atoms with Gasteiger partial charge < -0.3 is 0 Å². The molecular formula is C18H15NO4. The van der Waals surface area contributed by atoms with Crippen LogP contribution in [0, 0.1) is 16.0 Å². The summed E-state index contributed by atoms with van der Waals surface area (Å²) < 4.78 is 0. The number of rotatable bonds is 4. The zero-order chi connectivity index (χ0) is 16.6. The fourth-order valence-corrected chi connectivity index (χ4v) is 3.04. The van der Waals surface area contributed by atoms with Crippen molar-refractivity contribution in [1.82, 2.24) is 0 Å². The van der Waals surface area contributed by atoms with Crippen LogP contribution in [0.5, 0.6) is 0 Å². The van der Waals surface area contributed by atoms with Crippen LogP contribution >= 0.6 is 0 Å². The first kappa shape index (κ1) is 15.1. The van der Waals surface area contributed by atoms with Crippen LogP contribution in [0.1, 0.15) is 45.5 Å². The Morgan fingerprint density at radius 3 is 2.00 bits per heavy atom. The lowest BCUT2D eigenvalue weighted by molar-refractivity contribution is -0.384. The summed E-state index contributed by atoms with van der Waals surface area (Å²) in [5, 5.41) is 10.7. The lowest BCUT2D eigenvalue weighted by atomic mass is 9.87. The third kappa shape index (κ3) is 2.65. The van der Waals surface area contributed by atoms with E-state index in [2.05, 4.69) is 0 Å². The van der Waals surface area contributed by atoms with E-state index in [1.165, 1.54) is 12.1 Å². The molecule has 1 atom stereocenters. The van der Waals surface area contributed by atoms with Gasteiger partial charge in [0, 0.05) is 23.3 Å². The van der Waals surface area contributed by atoms with Gasteiger partial charge in [-0.3, -0.25) is 19.7 Å². The molecule has 1 aliphatic rings. The summed E-state index contributed by atoms with van der Waals surface area (Å²) in [4.78, 5) is 35.1. The van der Waals surface area contributed by atoms with Crippen molar-refractivity contribution in [2.75, 3.05) is 0 Å². The van der Waals surface area contributed by atoms with Gasteiger partial charge in [0.05, 0.1) is 10.8 Å². The molecule has 0 spiro atoms. The molecule has 2 aromatic rings. The maximum absolute atomic E-state index is 12.4. The van der Waals surface area contributed by atoms with Crippen LogP contribution in [-0.2, 0) is 0 Å². The average Bonchev–Trinajstić information content (AvgIpc) is 2.80. The quantitative estimate of drug-likeness (QED) is 0.489. The van der Waals surface area contributed by atoms with Gasteiger partial charge in [-0.1, -0.05) is 43.3 Å². The van der Waals surface area contributed by atoms with Crippen molar-refractivity contribution in [1.29, 1.82) is 0 Å². The lowest BCUT2D eigenvalue weighted by Gasteiger charge is -2.15. The molecule has 0 saturated heterocycles. The maximum Gasteiger partial charge on any atom is 0.269 e. The number of ketones is 2. The minimum absolute atomic E-state index is 0.0291. The fourth-order valence-electron chi connectivity index (χ4n) is 3.04. The summed E-state index contributed by atoms with van der Waals surface area (Å²) in [6.07, 6.45) is 0.407. The molecule has 0 heterocycles. The number of carbonyl (C=O) groups excluding carboxylic acids is 2. The highest BCUT2D eigenvalue weighted by Gasteiger charge is 2.38. The number of fused-ring (bicyclic) bond motifs is 1. The second-order valence-corrected chi connectivity index (χ2v) is 5.81. The van der Waals surface area contributed by atoms with E-state index in [1.807, 2.05) is 6.92 Å². The molecule has 116 valence electrons. The van der Waals surface area contributed by atoms with Crippen LogP contribution in [-0.4, -0.2) is 16.5 Å².